The van der Waals surface area contributed by atoms with Crippen LogP contribution in [0.5, 0.6) is 0 Å². The molecule has 1 nitrogen and oxygen atoms in total. The average Bonchev–Trinajstić information content (AvgIpc) is 2.55. The van der Waals surface area contributed by atoms with E-state index in [9.17, 15) is 0 Å². The standard InChI is InChI=1S/C23H46N/c1-5-8-9-10-11-12-13-14-15-16-17-18-19-20-23-24(4,21-6-2)22-7-3/h6-7H,2-3,5,8-23H2,1,4H3/q+1. The van der Waals surface area contributed by atoms with Crippen molar-refractivity contribution in [3.63, 3.8) is 0 Å². The van der Waals surface area contributed by atoms with Crippen molar-refractivity contribution in [1.82, 2.24) is 0 Å². The Morgan fingerprint density at radius 1 is 0.583 bits per heavy atom. The average molecular weight is 337 g/mol. The van der Waals surface area contributed by atoms with E-state index in [1.807, 2.05) is 12.2 Å². The highest BCUT2D eigenvalue weighted by Gasteiger charge is 2.16. The molecule has 0 spiro atoms. The summed E-state index contributed by atoms with van der Waals surface area (Å²) >= 11 is 0. The molecule has 0 amide bonds. The van der Waals surface area contributed by atoms with Gasteiger partial charge in [-0.05, 0) is 25.0 Å². The van der Waals surface area contributed by atoms with Crippen LogP contribution in [0, 0.1) is 0 Å². The van der Waals surface area contributed by atoms with Gasteiger partial charge < -0.3 is 4.48 Å². The summed E-state index contributed by atoms with van der Waals surface area (Å²) in [4.78, 5) is 0. The lowest BCUT2D eigenvalue weighted by atomic mass is 10.0. The van der Waals surface area contributed by atoms with Crippen molar-refractivity contribution in [1.29, 1.82) is 0 Å². The zero-order valence-corrected chi connectivity index (χ0v) is 17.0. The molecule has 0 saturated heterocycles. The van der Waals surface area contributed by atoms with E-state index in [-0.39, 0.29) is 0 Å². The Morgan fingerprint density at radius 3 is 1.25 bits per heavy atom. The number of likely N-dealkylation sites (N-methyl/N-ethyl adjacent to an activating group) is 1. The van der Waals surface area contributed by atoms with Crippen molar-refractivity contribution >= 4 is 0 Å². The molecule has 0 unspecified atom stereocenters. The molecule has 0 heterocycles. The normalized spacial score (nSPS) is 11.6. The first kappa shape index (κ1) is 23.4. The van der Waals surface area contributed by atoms with E-state index in [2.05, 4.69) is 27.1 Å². The van der Waals surface area contributed by atoms with Crippen LogP contribution in [-0.4, -0.2) is 31.2 Å². The fraction of sp³-hybridized carbons (Fsp3) is 0.826. The predicted octanol–water partition coefficient (Wildman–Crippen LogP) is 7.29. The fourth-order valence-corrected chi connectivity index (χ4v) is 3.57. The quantitative estimate of drug-likeness (QED) is 0.132. The second kappa shape index (κ2) is 17.3. The number of quaternary nitrogens is 1. The number of hydrogen-bond donors (Lipinski definition) is 0. The first-order valence-corrected chi connectivity index (χ1v) is 10.7. The Hall–Kier alpha value is -0.560. The molecular weight excluding hydrogens is 290 g/mol. The van der Waals surface area contributed by atoms with Crippen LogP contribution in [0.3, 0.4) is 0 Å². The Bertz CT molecular complexity index is 272. The van der Waals surface area contributed by atoms with E-state index in [0.717, 1.165) is 17.6 Å². The number of rotatable bonds is 19. The second-order valence-corrected chi connectivity index (χ2v) is 7.88. The molecule has 0 fully saturated rings. The SMILES string of the molecule is C=CC[N+](C)(CC=C)CCCCCCCCCCCCCCCC. The maximum atomic E-state index is 3.90. The molecular formula is C23H46N+. The first-order valence-electron chi connectivity index (χ1n) is 10.7. The Kier molecular flexibility index (Phi) is 16.9. The summed E-state index contributed by atoms with van der Waals surface area (Å²) in [5.74, 6) is 0. The summed E-state index contributed by atoms with van der Waals surface area (Å²) in [6.45, 7) is 13.5. The van der Waals surface area contributed by atoms with Crippen molar-refractivity contribution < 1.29 is 4.48 Å². The van der Waals surface area contributed by atoms with E-state index >= 15 is 0 Å². The molecule has 0 aliphatic rings. The summed E-state index contributed by atoms with van der Waals surface area (Å²) < 4.78 is 1.07. The van der Waals surface area contributed by atoms with Gasteiger partial charge in [-0.1, -0.05) is 97.1 Å². The van der Waals surface area contributed by atoms with Crippen molar-refractivity contribution in [3.8, 4) is 0 Å². The van der Waals surface area contributed by atoms with Gasteiger partial charge in [-0.3, -0.25) is 0 Å². The number of unbranched alkanes of at least 4 members (excludes halogenated alkanes) is 13. The van der Waals surface area contributed by atoms with E-state index in [1.165, 1.54) is 96.4 Å². The van der Waals surface area contributed by atoms with Gasteiger partial charge >= 0.3 is 0 Å². The van der Waals surface area contributed by atoms with Crippen molar-refractivity contribution in [2.75, 3.05) is 26.7 Å². The number of nitrogens with zero attached hydrogens (tertiary/aromatic N) is 1. The highest BCUT2D eigenvalue weighted by molar-refractivity contribution is 4.71. The van der Waals surface area contributed by atoms with Crippen LogP contribution in [0.15, 0.2) is 25.3 Å². The van der Waals surface area contributed by atoms with E-state index in [1.54, 1.807) is 0 Å². The number of hydrogen-bond acceptors (Lipinski definition) is 0. The van der Waals surface area contributed by atoms with Gasteiger partial charge in [0.15, 0.2) is 0 Å². The summed E-state index contributed by atoms with van der Waals surface area (Å²) in [5.41, 5.74) is 0. The summed E-state index contributed by atoms with van der Waals surface area (Å²) in [7, 11) is 2.33. The van der Waals surface area contributed by atoms with Gasteiger partial charge in [-0.15, -0.1) is 0 Å². The minimum Gasteiger partial charge on any atom is -0.320 e. The minimum atomic E-state index is 1.06. The Labute approximate surface area is 153 Å². The lowest BCUT2D eigenvalue weighted by molar-refractivity contribution is -0.898. The van der Waals surface area contributed by atoms with E-state index in [0.29, 0.717) is 0 Å². The molecule has 0 bridgehead atoms. The molecule has 142 valence electrons. The second-order valence-electron chi connectivity index (χ2n) is 7.88. The van der Waals surface area contributed by atoms with Gasteiger partial charge in [0.2, 0.25) is 0 Å². The van der Waals surface area contributed by atoms with E-state index < -0.39 is 0 Å². The Balaban J connectivity index is 3.33. The summed E-state index contributed by atoms with van der Waals surface area (Å²) in [5, 5.41) is 0. The van der Waals surface area contributed by atoms with Crippen LogP contribution < -0.4 is 0 Å². The Morgan fingerprint density at radius 2 is 0.917 bits per heavy atom. The molecule has 0 radical (unpaired) electrons. The third-order valence-electron chi connectivity index (χ3n) is 5.19. The maximum absolute atomic E-state index is 3.90. The molecule has 0 aliphatic heterocycles. The summed E-state index contributed by atoms with van der Waals surface area (Å²) in [6.07, 6.45) is 24.1. The topological polar surface area (TPSA) is 0 Å². The zero-order chi connectivity index (χ0) is 17.9. The molecule has 0 aromatic rings. The molecule has 1 heteroatoms. The van der Waals surface area contributed by atoms with Crippen LogP contribution in [0.4, 0.5) is 0 Å². The van der Waals surface area contributed by atoms with Gasteiger partial charge in [-0.2, -0.15) is 0 Å². The van der Waals surface area contributed by atoms with E-state index in [4.69, 9.17) is 0 Å². The lowest BCUT2D eigenvalue weighted by Crippen LogP contribution is -2.44. The zero-order valence-electron chi connectivity index (χ0n) is 17.0. The summed E-state index contributed by atoms with van der Waals surface area (Å²) in [6, 6.07) is 0. The third kappa shape index (κ3) is 15.0. The molecule has 24 heavy (non-hydrogen) atoms. The van der Waals surface area contributed by atoms with Crippen LogP contribution in [0.2, 0.25) is 0 Å². The lowest BCUT2D eigenvalue weighted by Gasteiger charge is -2.32. The molecule has 0 aromatic carbocycles. The molecule has 0 N–H and O–H groups in total. The molecule has 0 saturated carbocycles. The molecule has 0 aromatic heterocycles. The van der Waals surface area contributed by atoms with Crippen molar-refractivity contribution in [2.45, 2.75) is 96.8 Å². The molecule has 0 rings (SSSR count). The van der Waals surface area contributed by atoms with Gasteiger partial charge in [0, 0.05) is 0 Å². The van der Waals surface area contributed by atoms with Gasteiger partial charge in [0.25, 0.3) is 0 Å². The van der Waals surface area contributed by atoms with Crippen LogP contribution >= 0.6 is 0 Å². The predicted molar refractivity (Wildman–Crippen MR) is 111 cm³/mol. The van der Waals surface area contributed by atoms with Crippen LogP contribution in [-0.2, 0) is 0 Å². The van der Waals surface area contributed by atoms with Gasteiger partial charge in [0.05, 0.1) is 26.7 Å². The smallest absolute Gasteiger partial charge is 0.0971 e. The highest BCUT2D eigenvalue weighted by atomic mass is 15.3. The monoisotopic (exact) mass is 336 g/mol. The van der Waals surface area contributed by atoms with Crippen LogP contribution in [0.1, 0.15) is 96.8 Å². The highest BCUT2D eigenvalue weighted by Crippen LogP contribution is 2.14. The first-order chi connectivity index (χ1) is 11.7. The maximum Gasteiger partial charge on any atom is 0.0971 e. The fourth-order valence-electron chi connectivity index (χ4n) is 3.57. The van der Waals surface area contributed by atoms with Gasteiger partial charge in [-0.25, -0.2) is 0 Å². The minimum absolute atomic E-state index is 1.06. The third-order valence-corrected chi connectivity index (χ3v) is 5.19. The van der Waals surface area contributed by atoms with Crippen molar-refractivity contribution in [2.24, 2.45) is 0 Å². The van der Waals surface area contributed by atoms with Crippen LogP contribution in [0.25, 0.3) is 0 Å². The largest absolute Gasteiger partial charge is 0.320 e. The molecule has 0 aliphatic carbocycles. The molecule has 0 atom stereocenters. The van der Waals surface area contributed by atoms with Gasteiger partial charge in [0.1, 0.15) is 0 Å². The van der Waals surface area contributed by atoms with Crippen molar-refractivity contribution in [3.05, 3.63) is 25.3 Å².